The maximum atomic E-state index is 5.54. The molecule has 0 spiro atoms. The summed E-state index contributed by atoms with van der Waals surface area (Å²) in [6, 6.07) is 5.80. The van der Waals surface area contributed by atoms with E-state index < -0.39 is 0 Å². The predicted octanol–water partition coefficient (Wildman–Crippen LogP) is 2.38. The molecule has 1 aromatic carbocycles. The van der Waals surface area contributed by atoms with Crippen LogP contribution in [-0.4, -0.2) is 38.5 Å². The molecule has 17 heavy (non-hydrogen) atoms. The second kappa shape index (κ2) is 6.78. The van der Waals surface area contributed by atoms with Gasteiger partial charge in [0.1, 0.15) is 0 Å². The normalized spacial score (nSPS) is 10.6. The topological polar surface area (TPSA) is 34.1 Å². The Hall–Kier alpha value is -1.71. The molecule has 0 amide bonds. The zero-order valence-electron chi connectivity index (χ0n) is 10.9. The Morgan fingerprint density at radius 3 is 2.35 bits per heavy atom. The highest BCUT2D eigenvalue weighted by Crippen LogP contribution is 2.27. The lowest BCUT2D eigenvalue weighted by Gasteiger charge is -2.11. The molecule has 0 aromatic heterocycles. The molecule has 0 radical (unpaired) electrons. The van der Waals surface area contributed by atoms with Gasteiger partial charge >= 0.3 is 0 Å². The molecule has 0 N–H and O–H groups in total. The summed E-state index contributed by atoms with van der Waals surface area (Å²) < 4.78 is 11.0. The van der Waals surface area contributed by atoms with Crippen LogP contribution in [-0.2, 0) is 0 Å². The lowest BCUT2D eigenvalue weighted by atomic mass is 10.2. The maximum absolute atomic E-state index is 5.54. The minimum Gasteiger partial charge on any atom is -0.490 e. The highest BCUT2D eigenvalue weighted by atomic mass is 16.5. The second-order valence-electron chi connectivity index (χ2n) is 3.66. The summed E-state index contributed by atoms with van der Waals surface area (Å²) in [5.41, 5.74) is 0.991. The van der Waals surface area contributed by atoms with Gasteiger partial charge in [0, 0.05) is 14.1 Å². The highest BCUT2D eigenvalue weighted by molar-refractivity contribution is 5.80. The minimum atomic E-state index is 0.619. The molecule has 0 aliphatic carbocycles. The van der Waals surface area contributed by atoms with Crippen molar-refractivity contribution >= 4 is 6.21 Å². The number of nitrogens with zero attached hydrogens (tertiary/aromatic N) is 2. The zero-order chi connectivity index (χ0) is 12.7. The Morgan fingerprint density at radius 1 is 1.12 bits per heavy atom. The molecule has 0 saturated carbocycles. The third-order valence-corrected chi connectivity index (χ3v) is 2.01. The summed E-state index contributed by atoms with van der Waals surface area (Å²) in [5, 5.41) is 5.93. The molecule has 0 fully saturated rings. The van der Waals surface area contributed by atoms with E-state index >= 15 is 0 Å². The van der Waals surface area contributed by atoms with Crippen molar-refractivity contribution in [2.24, 2.45) is 5.10 Å². The van der Waals surface area contributed by atoms with Crippen LogP contribution in [0.3, 0.4) is 0 Å². The monoisotopic (exact) mass is 236 g/mol. The van der Waals surface area contributed by atoms with Crippen LogP contribution in [0.15, 0.2) is 23.3 Å². The number of hydrogen-bond acceptors (Lipinski definition) is 4. The number of benzene rings is 1. The fourth-order valence-corrected chi connectivity index (χ4v) is 1.33. The van der Waals surface area contributed by atoms with Crippen LogP contribution in [0.4, 0.5) is 0 Å². The molecule has 1 rings (SSSR count). The van der Waals surface area contributed by atoms with E-state index in [-0.39, 0.29) is 0 Å². The molecule has 4 nitrogen and oxygen atoms in total. The SMILES string of the molecule is CCOc1ccc(/C=N\N(C)C)cc1OCC. The van der Waals surface area contributed by atoms with E-state index in [4.69, 9.17) is 9.47 Å². The average molecular weight is 236 g/mol. The standard InChI is InChI=1S/C13H20N2O2/c1-5-16-12-8-7-11(10-14-15(3)4)9-13(12)17-6-2/h7-10H,5-6H2,1-4H3/b14-10-. The molecule has 0 aliphatic rings. The molecule has 1 aromatic rings. The Morgan fingerprint density at radius 2 is 1.76 bits per heavy atom. The molecule has 0 aliphatic heterocycles. The number of hydrogen-bond donors (Lipinski definition) is 0. The van der Waals surface area contributed by atoms with Gasteiger partial charge in [0.05, 0.1) is 19.4 Å². The van der Waals surface area contributed by atoms with Crippen LogP contribution in [0.2, 0.25) is 0 Å². The highest BCUT2D eigenvalue weighted by Gasteiger charge is 2.04. The minimum absolute atomic E-state index is 0.619. The Labute approximate surface area is 103 Å². The molecule has 4 heteroatoms. The van der Waals surface area contributed by atoms with Crippen molar-refractivity contribution in [3.63, 3.8) is 0 Å². The summed E-state index contributed by atoms with van der Waals surface area (Å²) in [4.78, 5) is 0. The van der Waals surface area contributed by atoms with Gasteiger partial charge in [-0.25, -0.2) is 0 Å². The van der Waals surface area contributed by atoms with Gasteiger partial charge < -0.3 is 14.5 Å². The second-order valence-corrected chi connectivity index (χ2v) is 3.66. The summed E-state index contributed by atoms with van der Waals surface area (Å²) in [5.74, 6) is 1.54. The molecule has 0 unspecified atom stereocenters. The molecular formula is C13H20N2O2. The summed E-state index contributed by atoms with van der Waals surface area (Å²) in [6.45, 7) is 5.16. The zero-order valence-corrected chi connectivity index (χ0v) is 10.9. The Kier molecular flexibility index (Phi) is 5.33. The summed E-state index contributed by atoms with van der Waals surface area (Å²) in [6.07, 6.45) is 1.79. The largest absolute Gasteiger partial charge is 0.490 e. The van der Waals surface area contributed by atoms with Crippen LogP contribution in [0.1, 0.15) is 19.4 Å². The average Bonchev–Trinajstić information content (AvgIpc) is 2.30. The van der Waals surface area contributed by atoms with E-state index in [9.17, 15) is 0 Å². The van der Waals surface area contributed by atoms with Gasteiger partial charge in [-0.2, -0.15) is 5.10 Å². The van der Waals surface area contributed by atoms with Crippen molar-refractivity contribution < 1.29 is 9.47 Å². The van der Waals surface area contributed by atoms with E-state index in [0.717, 1.165) is 17.1 Å². The molecule has 0 atom stereocenters. The van der Waals surface area contributed by atoms with Gasteiger partial charge in [0.2, 0.25) is 0 Å². The van der Waals surface area contributed by atoms with E-state index in [0.29, 0.717) is 13.2 Å². The van der Waals surface area contributed by atoms with Crippen molar-refractivity contribution in [3.05, 3.63) is 23.8 Å². The first-order valence-corrected chi connectivity index (χ1v) is 5.78. The Balaban J connectivity index is 2.92. The first-order chi connectivity index (χ1) is 8.17. The van der Waals surface area contributed by atoms with Crippen LogP contribution in [0, 0.1) is 0 Å². The maximum Gasteiger partial charge on any atom is 0.161 e. The smallest absolute Gasteiger partial charge is 0.161 e. The number of ether oxygens (including phenoxy) is 2. The van der Waals surface area contributed by atoms with Gasteiger partial charge in [-0.15, -0.1) is 0 Å². The summed E-state index contributed by atoms with van der Waals surface area (Å²) in [7, 11) is 3.77. The lowest BCUT2D eigenvalue weighted by Crippen LogP contribution is -2.02. The van der Waals surface area contributed by atoms with Crippen LogP contribution in [0.25, 0.3) is 0 Å². The first-order valence-electron chi connectivity index (χ1n) is 5.78. The fraction of sp³-hybridized carbons (Fsp3) is 0.462. The molecule has 0 saturated heterocycles. The Bertz CT molecular complexity index is 376. The quantitative estimate of drug-likeness (QED) is 0.562. The van der Waals surface area contributed by atoms with E-state index in [1.54, 1.807) is 11.2 Å². The van der Waals surface area contributed by atoms with Crippen molar-refractivity contribution in [2.45, 2.75) is 13.8 Å². The molecular weight excluding hydrogens is 216 g/mol. The van der Waals surface area contributed by atoms with E-state index in [1.165, 1.54) is 0 Å². The molecule has 0 heterocycles. The number of rotatable bonds is 6. The third kappa shape index (κ3) is 4.34. The fourth-order valence-electron chi connectivity index (χ4n) is 1.33. The van der Waals surface area contributed by atoms with Crippen molar-refractivity contribution in [3.8, 4) is 11.5 Å². The van der Waals surface area contributed by atoms with Crippen LogP contribution in [0.5, 0.6) is 11.5 Å². The molecule has 94 valence electrons. The van der Waals surface area contributed by atoms with E-state index in [2.05, 4.69) is 5.10 Å². The van der Waals surface area contributed by atoms with Crippen LogP contribution < -0.4 is 9.47 Å². The van der Waals surface area contributed by atoms with Gasteiger partial charge in [-0.3, -0.25) is 0 Å². The van der Waals surface area contributed by atoms with Crippen molar-refractivity contribution in [1.82, 2.24) is 5.01 Å². The first kappa shape index (κ1) is 13.4. The molecule has 0 bridgehead atoms. The third-order valence-electron chi connectivity index (χ3n) is 2.01. The van der Waals surface area contributed by atoms with Gasteiger partial charge in [-0.1, -0.05) is 0 Å². The summed E-state index contributed by atoms with van der Waals surface area (Å²) >= 11 is 0. The van der Waals surface area contributed by atoms with E-state index in [1.807, 2.05) is 46.1 Å². The number of hydrazone groups is 1. The van der Waals surface area contributed by atoms with Crippen molar-refractivity contribution in [1.29, 1.82) is 0 Å². The van der Waals surface area contributed by atoms with Gasteiger partial charge in [0.15, 0.2) is 11.5 Å². The van der Waals surface area contributed by atoms with Gasteiger partial charge in [-0.05, 0) is 37.6 Å². The van der Waals surface area contributed by atoms with Crippen LogP contribution >= 0.6 is 0 Å². The van der Waals surface area contributed by atoms with Gasteiger partial charge in [0.25, 0.3) is 0 Å². The lowest BCUT2D eigenvalue weighted by molar-refractivity contribution is 0.288. The predicted molar refractivity (Wildman–Crippen MR) is 70.1 cm³/mol. The van der Waals surface area contributed by atoms with Crippen molar-refractivity contribution in [2.75, 3.05) is 27.3 Å².